The van der Waals surface area contributed by atoms with Crippen LogP contribution in [0.15, 0.2) is 18.2 Å². The van der Waals surface area contributed by atoms with Crippen LogP contribution in [0.1, 0.15) is 16.8 Å². The van der Waals surface area contributed by atoms with Crippen LogP contribution in [0.3, 0.4) is 0 Å². The molecule has 11 heteroatoms. The zero-order chi connectivity index (χ0) is 19.7. The quantitative estimate of drug-likeness (QED) is 0.263. The second kappa shape index (κ2) is 7.48. The highest BCUT2D eigenvalue weighted by atomic mass is 16.7. The molecule has 0 saturated carbocycles. The van der Waals surface area contributed by atoms with Crippen molar-refractivity contribution in [1.82, 2.24) is 0 Å². The molecule has 0 aromatic heterocycles. The molecule has 3 rings (SSSR count). The summed E-state index contributed by atoms with van der Waals surface area (Å²) in [6.07, 6.45) is -10.2. The lowest BCUT2D eigenvalue weighted by molar-refractivity contribution is -0.286. The fourth-order valence-corrected chi connectivity index (χ4v) is 2.62. The Bertz CT molecular complexity index is 761. The van der Waals surface area contributed by atoms with Gasteiger partial charge < -0.3 is 39.4 Å². The average molecular weight is 384 g/mol. The lowest BCUT2D eigenvalue weighted by Gasteiger charge is -2.37. The minimum Gasteiger partial charge on any atom is -0.479 e. The predicted octanol–water partition coefficient (Wildman–Crippen LogP) is -1.58. The van der Waals surface area contributed by atoms with Crippen molar-refractivity contribution in [3.05, 3.63) is 23.8 Å². The van der Waals surface area contributed by atoms with E-state index in [-0.39, 0.29) is 12.4 Å². The third-order valence-corrected chi connectivity index (χ3v) is 4.06. The maximum absolute atomic E-state index is 12.2. The Morgan fingerprint density at radius 2 is 1.74 bits per heavy atom. The van der Waals surface area contributed by atoms with Gasteiger partial charge in [0.2, 0.25) is 13.1 Å². The van der Waals surface area contributed by atoms with Gasteiger partial charge in [0.05, 0.1) is 0 Å². The monoisotopic (exact) mass is 384 g/mol. The molecule has 4 N–H and O–H groups in total. The first kappa shape index (κ1) is 19.0. The maximum Gasteiger partial charge on any atom is 0.335 e. The normalized spacial score (nSPS) is 29.2. The van der Waals surface area contributed by atoms with Crippen molar-refractivity contribution in [3.8, 4) is 11.5 Å². The molecule has 1 fully saturated rings. The number of ether oxygens (including phenoxy) is 4. The van der Waals surface area contributed by atoms with Crippen molar-refractivity contribution < 1.29 is 53.8 Å². The fraction of sp³-hybridized carbons (Fsp3) is 0.438. The van der Waals surface area contributed by atoms with E-state index in [4.69, 9.17) is 24.1 Å². The molecule has 27 heavy (non-hydrogen) atoms. The van der Waals surface area contributed by atoms with Crippen LogP contribution < -0.4 is 9.47 Å². The molecule has 1 aromatic rings. The highest BCUT2D eigenvalue weighted by molar-refractivity contribution is 6.06. The van der Waals surface area contributed by atoms with Crippen molar-refractivity contribution in [1.29, 1.82) is 0 Å². The Hall–Kier alpha value is -2.73. The Labute approximate surface area is 151 Å². The molecular formula is C16H16O11. The van der Waals surface area contributed by atoms with E-state index in [1.165, 1.54) is 18.2 Å². The molecule has 146 valence electrons. The number of rotatable bonds is 5. The van der Waals surface area contributed by atoms with Crippen LogP contribution in [0.5, 0.6) is 11.5 Å². The van der Waals surface area contributed by atoms with Crippen LogP contribution in [-0.4, -0.2) is 75.6 Å². The number of Topliss-reactive ketones (excluding diaryl/α,β-unsaturated/α-hetero) is 1. The zero-order valence-corrected chi connectivity index (χ0v) is 13.7. The number of esters is 1. The first-order chi connectivity index (χ1) is 12.8. The van der Waals surface area contributed by atoms with E-state index >= 15 is 0 Å². The summed E-state index contributed by atoms with van der Waals surface area (Å²) < 4.78 is 19.8. The molecule has 0 radical (unpaired) electrons. The van der Waals surface area contributed by atoms with Gasteiger partial charge in [0, 0.05) is 5.56 Å². The van der Waals surface area contributed by atoms with E-state index in [9.17, 15) is 29.7 Å². The molecule has 0 amide bonds. The summed E-state index contributed by atoms with van der Waals surface area (Å²) in [6, 6.07) is 4.32. The van der Waals surface area contributed by atoms with Gasteiger partial charge in [-0.25, -0.2) is 4.79 Å². The number of hydrogen-bond acceptors (Lipinski definition) is 10. The molecule has 1 saturated heterocycles. The van der Waals surface area contributed by atoms with Gasteiger partial charge in [0.25, 0.3) is 0 Å². The molecule has 2 heterocycles. The van der Waals surface area contributed by atoms with Crippen molar-refractivity contribution in [3.63, 3.8) is 0 Å². The third-order valence-electron chi connectivity index (χ3n) is 4.06. The number of fused-ring (bicyclic) bond motifs is 1. The van der Waals surface area contributed by atoms with Gasteiger partial charge in [-0.15, -0.1) is 0 Å². The first-order valence-electron chi connectivity index (χ1n) is 7.82. The van der Waals surface area contributed by atoms with Gasteiger partial charge in [-0.2, -0.15) is 0 Å². The summed E-state index contributed by atoms with van der Waals surface area (Å²) in [4.78, 5) is 35.2. The lowest BCUT2D eigenvalue weighted by Crippen LogP contribution is -2.60. The van der Waals surface area contributed by atoms with E-state index in [1.54, 1.807) is 0 Å². The number of aliphatic hydroxyl groups is 3. The highest BCUT2D eigenvalue weighted by Crippen LogP contribution is 2.33. The van der Waals surface area contributed by atoms with Gasteiger partial charge in [-0.3, -0.25) is 9.59 Å². The van der Waals surface area contributed by atoms with Crippen LogP contribution in [0.2, 0.25) is 0 Å². The standard InChI is InChI=1S/C16H16O11/c17-7(6-1-2-8-9(3-6)25-5-24-8)4-10(18)26-16-13(21)11(19)12(20)14(27-16)15(22)23/h1-3,11-14,16,19-21H,4-5H2,(H,22,23). The Kier molecular flexibility index (Phi) is 5.28. The molecule has 0 bridgehead atoms. The number of carbonyl (C=O) groups excluding carboxylic acids is 2. The summed E-state index contributed by atoms with van der Waals surface area (Å²) in [5.41, 5.74) is 0.153. The second-order valence-electron chi connectivity index (χ2n) is 5.89. The number of aliphatic carboxylic acids is 1. The van der Waals surface area contributed by atoms with Crippen molar-refractivity contribution in [2.45, 2.75) is 37.1 Å². The number of carbonyl (C=O) groups is 3. The van der Waals surface area contributed by atoms with E-state index in [1.807, 2.05) is 0 Å². The molecule has 1 aromatic carbocycles. The van der Waals surface area contributed by atoms with Crippen molar-refractivity contribution in [2.24, 2.45) is 0 Å². The number of ketones is 1. The average Bonchev–Trinajstić information content (AvgIpc) is 3.09. The summed E-state index contributed by atoms with van der Waals surface area (Å²) in [5.74, 6) is -2.55. The smallest absolute Gasteiger partial charge is 0.335 e. The summed E-state index contributed by atoms with van der Waals surface area (Å²) in [5, 5.41) is 38.0. The minimum absolute atomic E-state index is 0.0187. The molecule has 2 aliphatic heterocycles. The fourth-order valence-electron chi connectivity index (χ4n) is 2.62. The van der Waals surface area contributed by atoms with Crippen LogP contribution in [0.25, 0.3) is 0 Å². The maximum atomic E-state index is 12.2. The van der Waals surface area contributed by atoms with E-state index in [2.05, 4.69) is 0 Å². The summed E-state index contributed by atoms with van der Waals surface area (Å²) >= 11 is 0. The van der Waals surface area contributed by atoms with Gasteiger partial charge in [-0.05, 0) is 18.2 Å². The third kappa shape index (κ3) is 3.85. The lowest BCUT2D eigenvalue weighted by atomic mass is 9.99. The SMILES string of the molecule is O=C(CC(=O)c1ccc2c(c1)OCO2)OC1OC(C(=O)O)C(O)C(O)C1O. The summed E-state index contributed by atoms with van der Waals surface area (Å²) in [7, 11) is 0. The topological polar surface area (TPSA) is 169 Å². The molecule has 2 aliphatic rings. The predicted molar refractivity (Wildman–Crippen MR) is 81.9 cm³/mol. The largest absolute Gasteiger partial charge is 0.479 e. The zero-order valence-electron chi connectivity index (χ0n) is 13.7. The van der Waals surface area contributed by atoms with E-state index < -0.39 is 54.8 Å². The Morgan fingerprint density at radius 3 is 2.44 bits per heavy atom. The van der Waals surface area contributed by atoms with Gasteiger partial charge in [0.15, 0.2) is 23.4 Å². The molecule has 11 nitrogen and oxygen atoms in total. The van der Waals surface area contributed by atoms with Gasteiger partial charge in [0.1, 0.15) is 24.7 Å². The van der Waals surface area contributed by atoms with Gasteiger partial charge in [-0.1, -0.05) is 0 Å². The van der Waals surface area contributed by atoms with Crippen LogP contribution in [0, 0.1) is 0 Å². The first-order valence-corrected chi connectivity index (χ1v) is 7.82. The molecule has 0 aliphatic carbocycles. The number of carboxylic acid groups (broad SMARTS) is 1. The molecule has 5 atom stereocenters. The summed E-state index contributed by atoms with van der Waals surface area (Å²) in [6.45, 7) is 0.0187. The molecule has 0 spiro atoms. The van der Waals surface area contributed by atoms with Crippen LogP contribution in [-0.2, 0) is 19.1 Å². The molecular weight excluding hydrogens is 368 g/mol. The second-order valence-corrected chi connectivity index (χ2v) is 5.89. The minimum atomic E-state index is -1.91. The highest BCUT2D eigenvalue weighted by Gasteiger charge is 2.48. The van der Waals surface area contributed by atoms with Crippen molar-refractivity contribution in [2.75, 3.05) is 6.79 Å². The number of hydrogen-bond donors (Lipinski definition) is 4. The van der Waals surface area contributed by atoms with Crippen LogP contribution >= 0.6 is 0 Å². The Balaban J connectivity index is 1.62. The van der Waals surface area contributed by atoms with Crippen molar-refractivity contribution >= 4 is 17.7 Å². The number of aliphatic hydroxyl groups excluding tert-OH is 3. The van der Waals surface area contributed by atoms with Crippen LogP contribution in [0.4, 0.5) is 0 Å². The number of benzene rings is 1. The molecule has 5 unspecified atom stereocenters. The van der Waals surface area contributed by atoms with Gasteiger partial charge >= 0.3 is 11.9 Å². The Morgan fingerprint density at radius 1 is 1.04 bits per heavy atom. The van der Waals surface area contributed by atoms with E-state index in [0.29, 0.717) is 11.5 Å². The van der Waals surface area contributed by atoms with E-state index in [0.717, 1.165) is 0 Å². The number of carboxylic acids is 1.